The molecule has 0 saturated heterocycles. The molecule has 224 valence electrons. The van der Waals surface area contributed by atoms with Crippen LogP contribution in [0.15, 0.2) is 61.2 Å². The number of fused-ring (bicyclic) bond motifs is 1. The third-order valence-electron chi connectivity index (χ3n) is 8.27. The van der Waals surface area contributed by atoms with Crippen LogP contribution in [0, 0.1) is 5.82 Å². The Morgan fingerprint density at radius 3 is 2.47 bits per heavy atom. The first kappa shape index (κ1) is 29.5. The molecule has 6 rings (SSSR count). The number of carbonyl (C=O) groups is 1. The summed E-state index contributed by atoms with van der Waals surface area (Å²) in [4.78, 5) is 24.3. The van der Waals surface area contributed by atoms with Crippen molar-refractivity contribution in [3.63, 3.8) is 0 Å². The van der Waals surface area contributed by atoms with E-state index in [1.165, 1.54) is 35.6 Å². The molecule has 3 N–H and O–H groups in total. The van der Waals surface area contributed by atoms with Gasteiger partial charge in [-0.2, -0.15) is 0 Å². The molecule has 1 aliphatic heterocycles. The normalized spacial score (nSPS) is 22.8. The first-order valence-electron chi connectivity index (χ1n) is 13.8. The van der Waals surface area contributed by atoms with Gasteiger partial charge in [0.05, 0.1) is 46.9 Å². The van der Waals surface area contributed by atoms with E-state index in [1.807, 2.05) is 0 Å². The van der Waals surface area contributed by atoms with Gasteiger partial charge in [0.2, 0.25) is 5.72 Å². The molecule has 2 aromatic heterocycles. The number of nitrogens with zero attached hydrogens (tertiary/aromatic N) is 4. The Labute approximate surface area is 257 Å². The van der Waals surface area contributed by atoms with Gasteiger partial charge in [0.1, 0.15) is 22.9 Å². The lowest BCUT2D eigenvalue weighted by atomic mass is 9.84. The monoisotopic (exact) mass is 626 g/mol. The Bertz CT molecular complexity index is 1710. The van der Waals surface area contributed by atoms with Crippen molar-refractivity contribution >= 4 is 29.1 Å². The number of hydrogen-bond donors (Lipinski definition) is 3. The SMILES string of the molecule is CCC(O)(c1cc(F)c2c(c1)C(=O)N(Cc1ncc(Cl)cc1O)[C@@]2(OC1CC(O)C1)c1ccc(Cl)cc1)c1cn(C)cn1. The average Bonchev–Trinajstić information content (AvgIpc) is 3.50. The zero-order chi connectivity index (χ0) is 30.7. The number of amides is 1. The van der Waals surface area contributed by atoms with Gasteiger partial charge in [-0.05, 0) is 49.1 Å². The van der Waals surface area contributed by atoms with E-state index in [0.717, 1.165) is 0 Å². The highest BCUT2D eigenvalue weighted by atomic mass is 35.5. The van der Waals surface area contributed by atoms with Crippen LogP contribution in [0.3, 0.4) is 0 Å². The second-order valence-corrected chi connectivity index (χ2v) is 11.9. The summed E-state index contributed by atoms with van der Waals surface area (Å²) in [6.45, 7) is 1.47. The average molecular weight is 628 g/mol. The van der Waals surface area contributed by atoms with E-state index >= 15 is 4.39 Å². The van der Waals surface area contributed by atoms with Gasteiger partial charge in [-0.15, -0.1) is 0 Å². The number of aryl methyl sites for hydroxylation is 1. The zero-order valence-corrected chi connectivity index (χ0v) is 24.8. The van der Waals surface area contributed by atoms with E-state index in [1.54, 1.807) is 49.0 Å². The number of imidazole rings is 1. The number of carbonyl (C=O) groups excluding carboxylic acids is 1. The molecule has 2 aromatic carbocycles. The molecule has 4 aromatic rings. The molecule has 1 aliphatic carbocycles. The molecular weight excluding hydrogens is 598 g/mol. The number of hydrogen-bond acceptors (Lipinski definition) is 7. The van der Waals surface area contributed by atoms with Crippen LogP contribution in [-0.4, -0.2) is 52.9 Å². The molecule has 43 heavy (non-hydrogen) atoms. The van der Waals surface area contributed by atoms with Gasteiger partial charge in [-0.1, -0.05) is 42.3 Å². The van der Waals surface area contributed by atoms with Gasteiger partial charge in [0, 0.05) is 36.1 Å². The number of aliphatic hydroxyl groups excluding tert-OH is 1. The minimum Gasteiger partial charge on any atom is -0.506 e. The summed E-state index contributed by atoms with van der Waals surface area (Å²) < 4.78 is 25.0. The number of benzene rings is 2. The topological polar surface area (TPSA) is 121 Å². The standard InChI is InChI=1S/C31H29Cl2FN4O5/c1-3-30(42,27-15-37(2)16-36-27)18-8-23-28(24(34)9-18)31(43-22-11-21(39)12-22,17-4-6-19(32)7-5-17)38(29(23)41)14-25-26(40)10-20(33)13-35-25/h4-10,13,15-16,21-22,39-40,42H,3,11-12,14H2,1-2H3/t21?,22?,30?,31-/m1/s1. The predicted octanol–water partition coefficient (Wildman–Crippen LogP) is 5.01. The van der Waals surface area contributed by atoms with Crippen molar-refractivity contribution in [3.05, 3.63) is 111 Å². The van der Waals surface area contributed by atoms with Crippen molar-refractivity contribution in [3.8, 4) is 5.75 Å². The van der Waals surface area contributed by atoms with Crippen molar-refractivity contribution in [2.75, 3.05) is 0 Å². The van der Waals surface area contributed by atoms with Crippen molar-refractivity contribution in [1.29, 1.82) is 0 Å². The summed E-state index contributed by atoms with van der Waals surface area (Å²) in [6.07, 6.45) is 4.12. The zero-order valence-electron chi connectivity index (χ0n) is 23.3. The van der Waals surface area contributed by atoms with Crippen LogP contribution in [0.2, 0.25) is 10.0 Å². The van der Waals surface area contributed by atoms with Crippen LogP contribution in [-0.2, 0) is 29.7 Å². The molecule has 0 radical (unpaired) electrons. The molecular formula is C31H29Cl2FN4O5. The quantitative estimate of drug-likeness (QED) is 0.251. The predicted molar refractivity (Wildman–Crippen MR) is 156 cm³/mol. The number of aliphatic hydroxyl groups is 2. The van der Waals surface area contributed by atoms with Gasteiger partial charge in [-0.25, -0.2) is 9.37 Å². The van der Waals surface area contributed by atoms with E-state index in [-0.39, 0.29) is 59.0 Å². The number of ether oxygens (including phenoxy) is 1. The largest absolute Gasteiger partial charge is 0.506 e. The smallest absolute Gasteiger partial charge is 0.257 e. The summed E-state index contributed by atoms with van der Waals surface area (Å²) >= 11 is 12.2. The lowest BCUT2D eigenvalue weighted by Crippen LogP contribution is -2.51. The van der Waals surface area contributed by atoms with Crippen molar-refractivity contribution < 1.29 is 29.2 Å². The molecule has 1 unspecified atom stereocenters. The van der Waals surface area contributed by atoms with Crippen LogP contribution in [0.1, 0.15) is 64.6 Å². The highest BCUT2D eigenvalue weighted by Crippen LogP contribution is 2.51. The van der Waals surface area contributed by atoms with Crippen LogP contribution in [0.5, 0.6) is 5.75 Å². The molecule has 2 aliphatic rings. The third-order valence-corrected chi connectivity index (χ3v) is 8.73. The van der Waals surface area contributed by atoms with Crippen LogP contribution in [0.25, 0.3) is 0 Å². The maximum Gasteiger partial charge on any atom is 0.257 e. The van der Waals surface area contributed by atoms with E-state index in [4.69, 9.17) is 27.9 Å². The maximum atomic E-state index is 16.7. The minimum atomic E-state index is -1.83. The van der Waals surface area contributed by atoms with Crippen molar-refractivity contribution in [2.45, 2.75) is 56.3 Å². The first-order valence-corrected chi connectivity index (χ1v) is 14.5. The number of aromatic nitrogens is 3. The van der Waals surface area contributed by atoms with Crippen molar-refractivity contribution in [2.24, 2.45) is 7.05 Å². The first-order chi connectivity index (χ1) is 20.5. The highest BCUT2D eigenvalue weighted by molar-refractivity contribution is 6.30. The molecule has 0 spiro atoms. The highest BCUT2D eigenvalue weighted by Gasteiger charge is 2.57. The van der Waals surface area contributed by atoms with E-state index in [0.29, 0.717) is 16.3 Å². The molecule has 9 nitrogen and oxygen atoms in total. The minimum absolute atomic E-state index is 0.0268. The summed E-state index contributed by atoms with van der Waals surface area (Å²) in [6, 6.07) is 10.5. The number of pyridine rings is 1. The summed E-state index contributed by atoms with van der Waals surface area (Å²) in [5.74, 6) is -1.65. The Balaban J connectivity index is 1.59. The molecule has 2 atom stereocenters. The molecule has 12 heteroatoms. The Kier molecular flexibility index (Phi) is 7.46. The van der Waals surface area contributed by atoms with E-state index in [9.17, 15) is 20.1 Å². The second-order valence-electron chi connectivity index (χ2n) is 11.0. The molecule has 3 heterocycles. The van der Waals surface area contributed by atoms with Gasteiger partial charge < -0.3 is 24.6 Å². The number of aromatic hydroxyl groups is 1. The van der Waals surface area contributed by atoms with E-state index < -0.39 is 35.3 Å². The van der Waals surface area contributed by atoms with Gasteiger partial charge in [-0.3, -0.25) is 14.7 Å². The molecule has 1 saturated carbocycles. The van der Waals surface area contributed by atoms with Crippen LogP contribution in [0.4, 0.5) is 4.39 Å². The molecule has 1 fully saturated rings. The van der Waals surface area contributed by atoms with Gasteiger partial charge in [0.15, 0.2) is 0 Å². The summed E-state index contributed by atoms with van der Waals surface area (Å²) in [5.41, 5.74) is -2.63. The third kappa shape index (κ3) is 4.87. The fraction of sp³-hybridized carbons (Fsp3) is 0.323. The fourth-order valence-electron chi connectivity index (χ4n) is 5.89. The van der Waals surface area contributed by atoms with Crippen LogP contribution >= 0.6 is 23.2 Å². The fourth-order valence-corrected chi connectivity index (χ4v) is 6.17. The van der Waals surface area contributed by atoms with E-state index in [2.05, 4.69) is 9.97 Å². The van der Waals surface area contributed by atoms with Gasteiger partial charge in [0.25, 0.3) is 5.91 Å². The second kappa shape index (κ2) is 10.9. The molecule has 1 amide bonds. The van der Waals surface area contributed by atoms with Gasteiger partial charge >= 0.3 is 0 Å². The lowest BCUT2D eigenvalue weighted by molar-refractivity contribution is -0.191. The molecule has 0 bridgehead atoms. The maximum absolute atomic E-state index is 16.7. The Hall–Kier alpha value is -3.54. The number of halogens is 3. The Morgan fingerprint density at radius 2 is 1.86 bits per heavy atom. The van der Waals surface area contributed by atoms with Crippen LogP contribution < -0.4 is 0 Å². The summed E-state index contributed by atoms with van der Waals surface area (Å²) in [7, 11) is 1.76. The lowest BCUT2D eigenvalue weighted by Gasteiger charge is -2.45. The Morgan fingerprint density at radius 1 is 1.14 bits per heavy atom. The summed E-state index contributed by atoms with van der Waals surface area (Å²) in [5, 5.41) is 33.2. The number of rotatable bonds is 8. The van der Waals surface area contributed by atoms with Crippen molar-refractivity contribution in [1.82, 2.24) is 19.4 Å².